The van der Waals surface area contributed by atoms with E-state index in [-0.39, 0.29) is 0 Å². The van der Waals surface area contributed by atoms with Gasteiger partial charge in [-0.05, 0) is 13.0 Å². The molecule has 1 aromatic heterocycles. The SMILES string of the molecule is [CH2]Oc1cc(Cl)cc2[nH]c(C)nc12. The maximum absolute atomic E-state index is 5.86. The molecule has 1 aromatic carbocycles. The van der Waals surface area contributed by atoms with E-state index in [1.807, 2.05) is 6.92 Å². The Morgan fingerprint density at radius 3 is 3.00 bits per heavy atom. The first-order valence-electron chi connectivity index (χ1n) is 3.78. The van der Waals surface area contributed by atoms with Crippen LogP contribution in [-0.2, 0) is 0 Å². The first kappa shape index (κ1) is 8.38. The van der Waals surface area contributed by atoms with Crippen LogP contribution in [0, 0.1) is 14.0 Å². The molecule has 0 aliphatic heterocycles. The van der Waals surface area contributed by atoms with E-state index in [0.717, 1.165) is 16.9 Å². The van der Waals surface area contributed by atoms with Crippen LogP contribution in [0.3, 0.4) is 0 Å². The third-order valence-electron chi connectivity index (χ3n) is 1.79. The largest absolute Gasteiger partial charge is 0.488 e. The van der Waals surface area contributed by atoms with Crippen molar-refractivity contribution < 1.29 is 4.74 Å². The molecule has 0 fully saturated rings. The van der Waals surface area contributed by atoms with Crippen LogP contribution >= 0.6 is 11.6 Å². The molecule has 2 rings (SSSR count). The van der Waals surface area contributed by atoms with Crippen LogP contribution in [-0.4, -0.2) is 9.97 Å². The number of hydrogen-bond acceptors (Lipinski definition) is 2. The maximum Gasteiger partial charge on any atom is 0.148 e. The molecule has 1 heterocycles. The summed E-state index contributed by atoms with van der Waals surface area (Å²) in [6.07, 6.45) is 0. The van der Waals surface area contributed by atoms with Gasteiger partial charge in [-0.15, -0.1) is 0 Å². The van der Waals surface area contributed by atoms with Crippen molar-refractivity contribution >= 4 is 22.6 Å². The van der Waals surface area contributed by atoms with E-state index in [2.05, 4.69) is 17.1 Å². The van der Waals surface area contributed by atoms with Gasteiger partial charge in [0, 0.05) is 11.1 Å². The van der Waals surface area contributed by atoms with Gasteiger partial charge in [-0.1, -0.05) is 11.6 Å². The highest BCUT2D eigenvalue weighted by atomic mass is 35.5. The lowest BCUT2D eigenvalue weighted by Gasteiger charge is -1.99. The normalized spacial score (nSPS) is 10.7. The Labute approximate surface area is 80.7 Å². The number of ether oxygens (including phenoxy) is 1. The number of aromatic nitrogens is 2. The summed E-state index contributed by atoms with van der Waals surface area (Å²) in [7, 11) is 3.34. The third kappa shape index (κ3) is 1.35. The van der Waals surface area contributed by atoms with Crippen LogP contribution < -0.4 is 4.74 Å². The Hall–Kier alpha value is -1.22. The molecule has 0 saturated heterocycles. The second-order valence-corrected chi connectivity index (χ2v) is 3.20. The van der Waals surface area contributed by atoms with Gasteiger partial charge in [0.25, 0.3) is 0 Å². The maximum atomic E-state index is 5.86. The minimum absolute atomic E-state index is 0.590. The van der Waals surface area contributed by atoms with Gasteiger partial charge in [0.05, 0.1) is 5.52 Å². The average molecular weight is 196 g/mol. The van der Waals surface area contributed by atoms with Gasteiger partial charge in [-0.2, -0.15) is 0 Å². The van der Waals surface area contributed by atoms with Crippen molar-refractivity contribution in [3.63, 3.8) is 0 Å². The Morgan fingerprint density at radius 2 is 2.31 bits per heavy atom. The van der Waals surface area contributed by atoms with Gasteiger partial charge < -0.3 is 9.72 Å². The van der Waals surface area contributed by atoms with Crippen molar-refractivity contribution in [3.8, 4) is 5.75 Å². The fourth-order valence-corrected chi connectivity index (χ4v) is 1.49. The van der Waals surface area contributed by atoms with Crippen molar-refractivity contribution in [2.24, 2.45) is 0 Å². The fraction of sp³-hybridized carbons (Fsp3) is 0.111. The van der Waals surface area contributed by atoms with E-state index in [9.17, 15) is 0 Å². The zero-order chi connectivity index (χ0) is 9.42. The molecule has 3 nitrogen and oxygen atoms in total. The summed E-state index contributed by atoms with van der Waals surface area (Å²) in [4.78, 5) is 7.32. The Morgan fingerprint density at radius 1 is 1.54 bits per heavy atom. The van der Waals surface area contributed by atoms with E-state index in [1.165, 1.54) is 0 Å². The topological polar surface area (TPSA) is 37.9 Å². The van der Waals surface area contributed by atoms with Crippen molar-refractivity contribution in [1.29, 1.82) is 0 Å². The standard InChI is InChI=1S/C9H8ClN2O/c1-5-11-7-3-6(10)4-8(13-2)9(7)12-5/h3-4H,2H2,1H3,(H,11,12). The molecule has 67 valence electrons. The number of imidazole rings is 1. The zero-order valence-corrected chi connectivity index (χ0v) is 7.85. The molecule has 1 radical (unpaired) electrons. The summed E-state index contributed by atoms with van der Waals surface area (Å²) in [6, 6.07) is 3.50. The Balaban J connectivity index is 2.80. The van der Waals surface area contributed by atoms with Crippen LogP contribution in [0.25, 0.3) is 11.0 Å². The summed E-state index contributed by atoms with van der Waals surface area (Å²) >= 11 is 5.86. The van der Waals surface area contributed by atoms with Crippen molar-refractivity contribution in [2.75, 3.05) is 0 Å². The Kier molecular flexibility index (Phi) is 1.88. The predicted molar refractivity (Wildman–Crippen MR) is 51.8 cm³/mol. The fourth-order valence-electron chi connectivity index (χ4n) is 1.29. The molecular weight excluding hydrogens is 188 g/mol. The highest BCUT2D eigenvalue weighted by Crippen LogP contribution is 2.27. The summed E-state index contributed by atoms with van der Waals surface area (Å²) in [6.45, 7) is 1.88. The molecule has 0 atom stereocenters. The van der Waals surface area contributed by atoms with E-state index < -0.39 is 0 Å². The zero-order valence-electron chi connectivity index (χ0n) is 7.10. The van der Waals surface area contributed by atoms with Gasteiger partial charge in [0.15, 0.2) is 0 Å². The second-order valence-electron chi connectivity index (χ2n) is 2.77. The summed E-state index contributed by atoms with van der Waals surface area (Å²) in [5, 5.41) is 0.606. The van der Waals surface area contributed by atoms with Crippen molar-refractivity contribution in [2.45, 2.75) is 6.92 Å². The highest BCUT2D eigenvalue weighted by Gasteiger charge is 2.07. The molecule has 2 aromatic rings. The molecule has 1 N–H and O–H groups in total. The number of halogens is 1. The number of fused-ring (bicyclic) bond motifs is 1. The van der Waals surface area contributed by atoms with Crippen LogP contribution in [0.5, 0.6) is 5.75 Å². The first-order valence-corrected chi connectivity index (χ1v) is 4.16. The number of aryl methyl sites for hydroxylation is 1. The molecule has 0 unspecified atom stereocenters. The monoisotopic (exact) mass is 195 g/mol. The van der Waals surface area contributed by atoms with Gasteiger partial charge in [0.1, 0.15) is 24.2 Å². The summed E-state index contributed by atoms with van der Waals surface area (Å²) in [5.74, 6) is 1.42. The summed E-state index contributed by atoms with van der Waals surface area (Å²) in [5.41, 5.74) is 1.63. The molecule has 13 heavy (non-hydrogen) atoms. The minimum Gasteiger partial charge on any atom is -0.488 e. The first-order chi connectivity index (χ1) is 6.20. The van der Waals surface area contributed by atoms with E-state index >= 15 is 0 Å². The van der Waals surface area contributed by atoms with E-state index in [0.29, 0.717) is 10.8 Å². The number of hydrogen-bond donors (Lipinski definition) is 1. The number of nitrogens with zero attached hydrogens (tertiary/aromatic N) is 1. The van der Waals surface area contributed by atoms with Crippen LogP contribution in [0.15, 0.2) is 12.1 Å². The van der Waals surface area contributed by atoms with E-state index in [1.54, 1.807) is 12.1 Å². The molecule has 0 amide bonds. The average Bonchev–Trinajstić information content (AvgIpc) is 2.43. The minimum atomic E-state index is 0.590. The number of aromatic amines is 1. The lowest BCUT2D eigenvalue weighted by Crippen LogP contribution is -1.81. The number of H-pyrrole nitrogens is 1. The number of benzene rings is 1. The number of nitrogens with one attached hydrogen (secondary N) is 1. The lowest BCUT2D eigenvalue weighted by atomic mass is 10.3. The van der Waals surface area contributed by atoms with Gasteiger partial charge >= 0.3 is 0 Å². The van der Waals surface area contributed by atoms with E-state index in [4.69, 9.17) is 16.3 Å². The Bertz CT molecular complexity index is 450. The molecule has 0 spiro atoms. The van der Waals surface area contributed by atoms with Gasteiger partial charge in [-0.25, -0.2) is 4.98 Å². The van der Waals surface area contributed by atoms with Gasteiger partial charge in [-0.3, -0.25) is 0 Å². The molecule has 4 heteroatoms. The highest BCUT2D eigenvalue weighted by molar-refractivity contribution is 6.31. The second kappa shape index (κ2) is 2.92. The lowest BCUT2D eigenvalue weighted by molar-refractivity contribution is 0.477. The van der Waals surface area contributed by atoms with Crippen LogP contribution in [0.2, 0.25) is 5.02 Å². The molecule has 0 aliphatic carbocycles. The van der Waals surface area contributed by atoms with Crippen LogP contribution in [0.4, 0.5) is 0 Å². The molecule has 0 bridgehead atoms. The van der Waals surface area contributed by atoms with Crippen LogP contribution in [0.1, 0.15) is 5.82 Å². The van der Waals surface area contributed by atoms with Crippen molar-refractivity contribution in [3.05, 3.63) is 30.1 Å². The van der Waals surface area contributed by atoms with Gasteiger partial charge in [0.2, 0.25) is 0 Å². The predicted octanol–water partition coefficient (Wildman–Crippen LogP) is 2.70. The molecule has 0 aliphatic rings. The van der Waals surface area contributed by atoms with Crippen molar-refractivity contribution in [1.82, 2.24) is 9.97 Å². The molecular formula is C9H8ClN2O. The summed E-state index contributed by atoms with van der Waals surface area (Å²) < 4.78 is 4.90. The third-order valence-corrected chi connectivity index (χ3v) is 2.01. The number of rotatable bonds is 1. The smallest absolute Gasteiger partial charge is 0.148 e. The quantitative estimate of drug-likeness (QED) is 0.760. The molecule has 0 saturated carbocycles.